The highest BCUT2D eigenvalue weighted by Crippen LogP contribution is 2.30. The minimum atomic E-state index is 0.771. The maximum atomic E-state index is 4.81. The summed E-state index contributed by atoms with van der Waals surface area (Å²) in [5, 5.41) is 12.7. The van der Waals surface area contributed by atoms with E-state index in [9.17, 15) is 0 Å². The molecule has 0 radical (unpaired) electrons. The second-order valence-corrected chi connectivity index (χ2v) is 7.75. The van der Waals surface area contributed by atoms with E-state index >= 15 is 0 Å². The van der Waals surface area contributed by atoms with E-state index in [-0.39, 0.29) is 0 Å². The maximum Gasteiger partial charge on any atom is 0.196 e. The molecule has 0 fully saturated rings. The van der Waals surface area contributed by atoms with Gasteiger partial charge in [0.2, 0.25) is 0 Å². The van der Waals surface area contributed by atoms with Gasteiger partial charge in [-0.15, -0.1) is 21.5 Å². The Morgan fingerprint density at radius 1 is 0.962 bits per heavy atom. The zero-order chi connectivity index (χ0) is 17.9. The first kappa shape index (κ1) is 17.0. The molecule has 0 saturated heterocycles. The van der Waals surface area contributed by atoms with Gasteiger partial charge in [0.15, 0.2) is 5.16 Å². The fourth-order valence-electron chi connectivity index (χ4n) is 2.76. The van der Waals surface area contributed by atoms with Crippen molar-refractivity contribution >= 4 is 23.1 Å². The summed E-state index contributed by atoms with van der Waals surface area (Å²) >= 11 is 3.35. The first-order chi connectivity index (χ1) is 12.7. The maximum absolute atomic E-state index is 4.81. The van der Waals surface area contributed by atoms with Crippen LogP contribution in [0, 0.1) is 13.8 Å². The molecular formula is C20H18N4S2. The second kappa shape index (κ2) is 7.43. The molecule has 130 valence electrons. The van der Waals surface area contributed by atoms with Crippen LogP contribution in [-0.4, -0.2) is 19.7 Å². The van der Waals surface area contributed by atoms with Crippen LogP contribution in [0.2, 0.25) is 0 Å². The number of benzene rings is 2. The molecule has 0 amide bonds. The van der Waals surface area contributed by atoms with Gasteiger partial charge in [-0.05, 0) is 31.5 Å². The molecule has 2 heterocycles. The van der Waals surface area contributed by atoms with Crippen molar-refractivity contribution < 1.29 is 0 Å². The molecule has 2 aromatic heterocycles. The normalized spacial score (nSPS) is 11.0. The molecule has 6 heteroatoms. The highest BCUT2D eigenvalue weighted by atomic mass is 32.2. The van der Waals surface area contributed by atoms with Crippen LogP contribution in [0.25, 0.3) is 16.3 Å². The first-order valence-corrected chi connectivity index (χ1v) is 10.2. The molecule has 0 bridgehead atoms. The van der Waals surface area contributed by atoms with Gasteiger partial charge in [0.25, 0.3) is 0 Å². The second-order valence-electron chi connectivity index (χ2n) is 5.95. The third-order valence-corrected chi connectivity index (χ3v) is 5.97. The number of hydrogen-bond donors (Lipinski definition) is 0. The average Bonchev–Trinajstić information content (AvgIpc) is 3.28. The van der Waals surface area contributed by atoms with Gasteiger partial charge in [0.1, 0.15) is 10.8 Å². The van der Waals surface area contributed by atoms with Crippen molar-refractivity contribution in [3.8, 4) is 16.3 Å². The standard InChI is InChI=1S/C20H18N4S2/c1-14-8-6-7-11-18(14)19-21-16(12-25-19)13-26-20-23-22-15(2)24(20)17-9-4-3-5-10-17/h3-12H,13H2,1-2H3. The van der Waals surface area contributed by atoms with Gasteiger partial charge in [0.05, 0.1) is 5.69 Å². The molecule has 26 heavy (non-hydrogen) atoms. The Balaban J connectivity index is 1.54. The van der Waals surface area contributed by atoms with E-state index in [1.807, 2.05) is 25.1 Å². The number of hydrogen-bond acceptors (Lipinski definition) is 5. The van der Waals surface area contributed by atoms with Gasteiger partial charge in [0, 0.05) is 22.4 Å². The molecule has 4 aromatic rings. The third-order valence-electron chi connectivity index (χ3n) is 4.09. The topological polar surface area (TPSA) is 43.6 Å². The van der Waals surface area contributed by atoms with Crippen molar-refractivity contribution in [2.24, 2.45) is 0 Å². The quantitative estimate of drug-likeness (QED) is 0.442. The van der Waals surface area contributed by atoms with Crippen molar-refractivity contribution in [1.82, 2.24) is 19.7 Å². The molecule has 0 N–H and O–H groups in total. The zero-order valence-electron chi connectivity index (χ0n) is 14.6. The van der Waals surface area contributed by atoms with Crippen LogP contribution in [0.4, 0.5) is 0 Å². The van der Waals surface area contributed by atoms with Crippen molar-refractivity contribution in [3.05, 3.63) is 77.1 Å². The van der Waals surface area contributed by atoms with Crippen molar-refractivity contribution in [2.45, 2.75) is 24.8 Å². The lowest BCUT2D eigenvalue weighted by atomic mass is 10.1. The lowest BCUT2D eigenvalue weighted by Gasteiger charge is -2.07. The van der Waals surface area contributed by atoms with Crippen LogP contribution in [0.3, 0.4) is 0 Å². The fourth-order valence-corrected chi connectivity index (χ4v) is 4.66. The van der Waals surface area contributed by atoms with E-state index in [2.05, 4.69) is 63.5 Å². The minimum absolute atomic E-state index is 0.771. The minimum Gasteiger partial charge on any atom is -0.274 e. The van der Waals surface area contributed by atoms with Crippen LogP contribution in [-0.2, 0) is 5.75 Å². The summed E-state index contributed by atoms with van der Waals surface area (Å²) in [6, 6.07) is 18.6. The number of rotatable bonds is 5. The Morgan fingerprint density at radius 2 is 1.73 bits per heavy atom. The van der Waals surface area contributed by atoms with Crippen LogP contribution in [0.15, 0.2) is 65.1 Å². The van der Waals surface area contributed by atoms with Gasteiger partial charge in [-0.2, -0.15) is 0 Å². The summed E-state index contributed by atoms with van der Waals surface area (Å²) in [5.74, 6) is 1.66. The molecular weight excluding hydrogens is 360 g/mol. The van der Waals surface area contributed by atoms with Crippen LogP contribution in [0.1, 0.15) is 17.1 Å². The predicted octanol–water partition coefficient (Wildman–Crippen LogP) is 5.30. The van der Waals surface area contributed by atoms with Gasteiger partial charge in [-0.1, -0.05) is 54.2 Å². The van der Waals surface area contributed by atoms with Crippen molar-refractivity contribution in [1.29, 1.82) is 0 Å². The molecule has 0 aliphatic rings. The highest BCUT2D eigenvalue weighted by Gasteiger charge is 2.13. The Morgan fingerprint density at radius 3 is 2.54 bits per heavy atom. The number of nitrogens with zero attached hydrogens (tertiary/aromatic N) is 4. The number of aromatic nitrogens is 4. The van der Waals surface area contributed by atoms with Gasteiger partial charge in [-0.25, -0.2) is 4.98 Å². The summed E-state index contributed by atoms with van der Waals surface area (Å²) in [7, 11) is 0. The number of thiazole rings is 1. The van der Waals surface area contributed by atoms with Crippen LogP contribution in [0.5, 0.6) is 0 Å². The molecule has 0 aliphatic heterocycles. The van der Waals surface area contributed by atoms with Gasteiger partial charge < -0.3 is 0 Å². The molecule has 4 rings (SSSR count). The smallest absolute Gasteiger partial charge is 0.196 e. The molecule has 0 spiro atoms. The fraction of sp³-hybridized carbons (Fsp3) is 0.150. The average molecular weight is 379 g/mol. The zero-order valence-corrected chi connectivity index (χ0v) is 16.2. The van der Waals surface area contributed by atoms with E-state index in [0.29, 0.717) is 0 Å². The Labute approximate surface area is 161 Å². The number of para-hydroxylation sites is 1. The third kappa shape index (κ3) is 3.43. The van der Waals surface area contributed by atoms with E-state index in [0.717, 1.165) is 33.1 Å². The van der Waals surface area contributed by atoms with E-state index < -0.39 is 0 Å². The number of thioether (sulfide) groups is 1. The van der Waals surface area contributed by atoms with Crippen LogP contribution >= 0.6 is 23.1 Å². The van der Waals surface area contributed by atoms with E-state index in [1.165, 1.54) is 11.1 Å². The molecule has 0 saturated carbocycles. The largest absolute Gasteiger partial charge is 0.274 e. The van der Waals surface area contributed by atoms with Gasteiger partial charge in [-0.3, -0.25) is 4.57 Å². The lowest BCUT2D eigenvalue weighted by molar-refractivity contribution is 0.868. The SMILES string of the molecule is Cc1ccccc1-c1nc(CSc2nnc(C)n2-c2ccccc2)cs1. The monoisotopic (exact) mass is 378 g/mol. The lowest BCUT2D eigenvalue weighted by Crippen LogP contribution is -1.98. The Bertz CT molecular complexity index is 1020. The van der Waals surface area contributed by atoms with E-state index in [4.69, 9.17) is 4.98 Å². The summed E-state index contributed by atoms with van der Waals surface area (Å²) in [4.78, 5) is 4.81. The highest BCUT2D eigenvalue weighted by molar-refractivity contribution is 7.98. The summed E-state index contributed by atoms with van der Waals surface area (Å²) < 4.78 is 2.08. The van der Waals surface area contributed by atoms with Crippen molar-refractivity contribution in [3.63, 3.8) is 0 Å². The molecule has 0 aliphatic carbocycles. The Kier molecular flexibility index (Phi) is 4.86. The molecule has 2 aromatic carbocycles. The summed E-state index contributed by atoms with van der Waals surface area (Å²) in [6.45, 7) is 4.10. The first-order valence-electron chi connectivity index (χ1n) is 8.33. The molecule has 0 atom stereocenters. The summed E-state index contributed by atoms with van der Waals surface area (Å²) in [6.07, 6.45) is 0. The molecule has 4 nitrogen and oxygen atoms in total. The van der Waals surface area contributed by atoms with E-state index in [1.54, 1.807) is 23.1 Å². The van der Waals surface area contributed by atoms with Gasteiger partial charge >= 0.3 is 0 Å². The Hall–Kier alpha value is -2.44. The van der Waals surface area contributed by atoms with Crippen LogP contribution < -0.4 is 0 Å². The number of aryl methyl sites for hydroxylation is 2. The predicted molar refractivity (Wildman–Crippen MR) is 108 cm³/mol. The van der Waals surface area contributed by atoms with Crippen molar-refractivity contribution in [2.75, 3.05) is 0 Å². The summed E-state index contributed by atoms with van der Waals surface area (Å²) in [5.41, 5.74) is 4.60. The molecule has 0 unspecified atom stereocenters.